The fourth-order valence-corrected chi connectivity index (χ4v) is 4.43. The average Bonchev–Trinajstić information content (AvgIpc) is 3.00. The van der Waals surface area contributed by atoms with Crippen LogP contribution in [0, 0.1) is 6.92 Å². The third kappa shape index (κ3) is 3.41. The number of aromatic nitrogens is 3. The number of anilines is 3. The van der Waals surface area contributed by atoms with Gasteiger partial charge in [-0.1, -0.05) is 42.0 Å². The highest BCUT2D eigenvalue weighted by Gasteiger charge is 2.54. The first-order valence-corrected chi connectivity index (χ1v) is 10.5. The van der Waals surface area contributed by atoms with Gasteiger partial charge in [-0.25, -0.2) is 4.79 Å². The number of carbonyl (C=O) groups excluding carboxylic acids is 2. The molecule has 1 atom stereocenters. The van der Waals surface area contributed by atoms with Gasteiger partial charge in [0.15, 0.2) is 5.82 Å². The van der Waals surface area contributed by atoms with Crippen molar-refractivity contribution in [3.8, 4) is 0 Å². The first-order chi connectivity index (χ1) is 15.4. The van der Waals surface area contributed by atoms with Gasteiger partial charge in [0, 0.05) is 5.69 Å². The molecule has 32 heavy (non-hydrogen) atoms. The highest BCUT2D eigenvalue weighted by atomic mass is 16.2. The molecule has 2 aliphatic rings. The molecule has 0 radical (unpaired) electrons. The topological polar surface area (TPSA) is 126 Å². The molecular weight excluding hydrogens is 406 g/mol. The van der Waals surface area contributed by atoms with Crippen molar-refractivity contribution in [2.75, 3.05) is 11.1 Å². The number of nitrogens with two attached hydrogens (primary N) is 1. The Kier molecular flexibility index (Phi) is 4.73. The van der Waals surface area contributed by atoms with Crippen molar-refractivity contribution in [1.29, 1.82) is 0 Å². The molecule has 2 heterocycles. The van der Waals surface area contributed by atoms with Crippen molar-refractivity contribution in [2.45, 2.75) is 38.3 Å². The molecule has 162 valence electrons. The first kappa shape index (κ1) is 19.9. The van der Waals surface area contributed by atoms with Crippen LogP contribution in [0.4, 0.5) is 22.4 Å². The average molecular weight is 429 g/mol. The molecule has 4 N–H and O–H groups in total. The van der Waals surface area contributed by atoms with Crippen molar-refractivity contribution in [2.24, 2.45) is 0 Å². The predicted molar refractivity (Wildman–Crippen MR) is 119 cm³/mol. The Bertz CT molecular complexity index is 1210. The van der Waals surface area contributed by atoms with Crippen LogP contribution in [-0.2, 0) is 23.3 Å². The van der Waals surface area contributed by atoms with Gasteiger partial charge in [0.2, 0.25) is 11.9 Å². The van der Waals surface area contributed by atoms with Crippen molar-refractivity contribution in [1.82, 2.24) is 25.2 Å². The van der Waals surface area contributed by atoms with E-state index in [2.05, 4.69) is 25.6 Å². The van der Waals surface area contributed by atoms with E-state index in [1.165, 1.54) is 0 Å². The Morgan fingerprint density at radius 1 is 1.09 bits per heavy atom. The Balaban J connectivity index is 1.41. The molecule has 1 aromatic heterocycles. The second-order valence-corrected chi connectivity index (χ2v) is 8.16. The summed E-state index contributed by atoms with van der Waals surface area (Å²) in [5.41, 5.74) is 8.71. The van der Waals surface area contributed by atoms with Crippen LogP contribution >= 0.6 is 0 Å². The predicted octanol–water partition coefficient (Wildman–Crippen LogP) is 2.79. The van der Waals surface area contributed by atoms with Gasteiger partial charge in [0.25, 0.3) is 5.91 Å². The third-order valence-electron chi connectivity index (χ3n) is 5.96. The summed E-state index contributed by atoms with van der Waals surface area (Å²) in [6, 6.07) is 15.0. The monoisotopic (exact) mass is 429 g/mol. The van der Waals surface area contributed by atoms with Crippen LogP contribution in [0.2, 0.25) is 0 Å². The first-order valence-electron chi connectivity index (χ1n) is 10.5. The van der Waals surface area contributed by atoms with E-state index in [0.29, 0.717) is 6.42 Å². The van der Waals surface area contributed by atoms with Crippen LogP contribution in [0.25, 0.3) is 0 Å². The molecule has 9 heteroatoms. The minimum absolute atomic E-state index is 0.00870. The van der Waals surface area contributed by atoms with E-state index in [-0.39, 0.29) is 30.2 Å². The summed E-state index contributed by atoms with van der Waals surface area (Å²) in [6.07, 6.45) is 2.27. The summed E-state index contributed by atoms with van der Waals surface area (Å²) >= 11 is 0. The highest BCUT2D eigenvalue weighted by molar-refractivity contribution is 6.07. The van der Waals surface area contributed by atoms with Gasteiger partial charge < -0.3 is 16.4 Å². The Hall–Kier alpha value is -4.01. The van der Waals surface area contributed by atoms with Crippen molar-refractivity contribution in [3.05, 3.63) is 71.0 Å². The molecule has 1 spiro atoms. The molecule has 0 unspecified atom stereocenters. The van der Waals surface area contributed by atoms with Crippen LogP contribution in [0.1, 0.15) is 35.4 Å². The van der Waals surface area contributed by atoms with Gasteiger partial charge in [-0.05, 0) is 49.4 Å². The minimum atomic E-state index is -1.03. The third-order valence-corrected chi connectivity index (χ3v) is 5.96. The normalized spacial score (nSPS) is 19.7. The number of nitrogen functional groups attached to an aromatic ring is 1. The number of hydrogen-bond acceptors (Lipinski definition) is 7. The lowest BCUT2D eigenvalue weighted by Gasteiger charge is -2.33. The maximum atomic E-state index is 13.5. The molecule has 0 bridgehead atoms. The SMILES string of the molecule is Cc1ccc(Nc2nc(N)nc(CN3C(=O)N[C@]4(CCCc5ccccc54)C3=O)n2)cc1. The van der Waals surface area contributed by atoms with E-state index in [1.807, 2.05) is 55.5 Å². The number of nitrogens with one attached hydrogen (secondary N) is 2. The number of amides is 3. The minimum Gasteiger partial charge on any atom is -0.368 e. The summed E-state index contributed by atoms with van der Waals surface area (Å²) in [5, 5.41) is 6.02. The Morgan fingerprint density at radius 2 is 1.88 bits per heavy atom. The van der Waals surface area contributed by atoms with Gasteiger partial charge in [0.1, 0.15) is 5.54 Å². The molecule has 0 saturated carbocycles. The largest absolute Gasteiger partial charge is 0.368 e. The van der Waals surface area contributed by atoms with Crippen LogP contribution in [0.3, 0.4) is 0 Å². The summed E-state index contributed by atoms with van der Waals surface area (Å²) in [7, 11) is 0. The van der Waals surface area contributed by atoms with E-state index in [0.717, 1.165) is 40.1 Å². The number of carbonyl (C=O) groups is 2. The number of fused-ring (bicyclic) bond motifs is 2. The van der Waals surface area contributed by atoms with E-state index >= 15 is 0 Å². The fraction of sp³-hybridized carbons (Fsp3) is 0.261. The second kappa shape index (κ2) is 7.60. The van der Waals surface area contributed by atoms with E-state index < -0.39 is 11.6 Å². The molecule has 1 aliphatic carbocycles. The van der Waals surface area contributed by atoms with E-state index in [9.17, 15) is 9.59 Å². The zero-order chi connectivity index (χ0) is 22.3. The van der Waals surface area contributed by atoms with Crippen LogP contribution in [0.5, 0.6) is 0 Å². The lowest BCUT2D eigenvalue weighted by molar-refractivity contribution is -0.132. The van der Waals surface area contributed by atoms with Crippen LogP contribution in [0.15, 0.2) is 48.5 Å². The van der Waals surface area contributed by atoms with Gasteiger partial charge in [-0.3, -0.25) is 9.69 Å². The number of nitrogens with zero attached hydrogens (tertiary/aromatic N) is 4. The zero-order valence-electron chi connectivity index (χ0n) is 17.6. The molecule has 1 saturated heterocycles. The number of benzene rings is 2. The van der Waals surface area contributed by atoms with Gasteiger partial charge >= 0.3 is 6.03 Å². The number of rotatable bonds is 4. The zero-order valence-corrected chi connectivity index (χ0v) is 17.6. The number of imide groups is 1. The van der Waals surface area contributed by atoms with E-state index in [1.54, 1.807) is 0 Å². The smallest absolute Gasteiger partial charge is 0.325 e. The van der Waals surface area contributed by atoms with Crippen molar-refractivity contribution >= 4 is 29.5 Å². The summed E-state index contributed by atoms with van der Waals surface area (Å²) in [5.74, 6) is 0.203. The maximum Gasteiger partial charge on any atom is 0.325 e. The van der Waals surface area contributed by atoms with Crippen molar-refractivity contribution in [3.63, 3.8) is 0 Å². The molecule has 1 aliphatic heterocycles. The molecule has 5 rings (SSSR count). The highest BCUT2D eigenvalue weighted by Crippen LogP contribution is 2.40. The van der Waals surface area contributed by atoms with Gasteiger partial charge in [-0.15, -0.1) is 0 Å². The Labute approximate surface area is 185 Å². The molecule has 2 aromatic carbocycles. The molecule has 3 aromatic rings. The summed E-state index contributed by atoms with van der Waals surface area (Å²) in [4.78, 5) is 40.1. The fourth-order valence-electron chi connectivity index (χ4n) is 4.43. The maximum absolute atomic E-state index is 13.5. The van der Waals surface area contributed by atoms with Gasteiger partial charge in [-0.2, -0.15) is 15.0 Å². The standard InChI is InChI=1S/C23H23N7O2/c1-14-8-10-16(11-9-14)25-21-27-18(26-20(24)28-21)13-30-19(31)23(29-22(30)32)12-4-6-15-5-2-3-7-17(15)23/h2-3,5,7-11H,4,6,12-13H2,1H3,(H,29,32)(H3,24,25,26,27,28)/t23-/m0/s1. The lowest BCUT2D eigenvalue weighted by Crippen LogP contribution is -2.46. The summed E-state index contributed by atoms with van der Waals surface area (Å²) < 4.78 is 0. The number of urea groups is 1. The molecule has 9 nitrogen and oxygen atoms in total. The molecule has 3 amide bonds. The number of hydrogen-bond donors (Lipinski definition) is 3. The van der Waals surface area contributed by atoms with Crippen molar-refractivity contribution < 1.29 is 9.59 Å². The molecule has 1 fully saturated rings. The van der Waals surface area contributed by atoms with Gasteiger partial charge in [0.05, 0.1) is 6.54 Å². The quantitative estimate of drug-likeness (QED) is 0.544. The van der Waals surface area contributed by atoms with E-state index in [4.69, 9.17) is 5.73 Å². The lowest BCUT2D eigenvalue weighted by atomic mass is 9.76. The Morgan fingerprint density at radius 3 is 2.69 bits per heavy atom. The molecular formula is C23H23N7O2. The second-order valence-electron chi connectivity index (χ2n) is 8.16. The van der Waals surface area contributed by atoms with Crippen LogP contribution < -0.4 is 16.4 Å². The summed E-state index contributed by atoms with van der Waals surface area (Å²) in [6.45, 7) is 1.91. The number of aryl methyl sites for hydroxylation is 2. The van der Waals surface area contributed by atoms with Crippen LogP contribution in [-0.4, -0.2) is 31.8 Å².